The van der Waals surface area contributed by atoms with Gasteiger partial charge in [-0.25, -0.2) is 4.79 Å². The second-order valence-corrected chi connectivity index (χ2v) is 4.37. The van der Waals surface area contributed by atoms with E-state index in [4.69, 9.17) is 16.7 Å². The molecule has 0 aliphatic rings. The Morgan fingerprint density at radius 2 is 2.00 bits per heavy atom. The first-order chi connectivity index (χ1) is 8.81. The maximum absolute atomic E-state index is 11.9. The van der Waals surface area contributed by atoms with Crippen molar-refractivity contribution in [2.24, 2.45) is 0 Å². The lowest BCUT2D eigenvalue weighted by atomic mass is 10.1. The number of carbonyl (C=O) groups is 1. The normalized spacial score (nSPS) is 11.4. The van der Waals surface area contributed by atoms with E-state index in [1.54, 1.807) is 6.07 Å². The van der Waals surface area contributed by atoms with Crippen LogP contribution < -0.4 is 5.32 Å². The molecule has 0 saturated heterocycles. The summed E-state index contributed by atoms with van der Waals surface area (Å²) in [4.78, 5) is 11.0. The lowest BCUT2D eigenvalue weighted by molar-refractivity contribution is -0.135. The van der Waals surface area contributed by atoms with E-state index in [9.17, 15) is 18.0 Å². The van der Waals surface area contributed by atoms with Gasteiger partial charge in [0.25, 0.3) is 0 Å². The summed E-state index contributed by atoms with van der Waals surface area (Å²) < 4.78 is 35.7. The number of aromatic carboxylic acids is 1. The van der Waals surface area contributed by atoms with Gasteiger partial charge in [0.2, 0.25) is 0 Å². The summed E-state index contributed by atoms with van der Waals surface area (Å²) in [6.07, 6.45) is -4.69. The minimum atomic E-state index is -4.15. The molecular formula is C12H13ClF3NO2. The van der Waals surface area contributed by atoms with Gasteiger partial charge in [-0.3, -0.25) is 0 Å². The zero-order chi connectivity index (χ0) is 14.5. The fourth-order valence-corrected chi connectivity index (χ4v) is 1.82. The second-order valence-electron chi connectivity index (χ2n) is 3.97. The van der Waals surface area contributed by atoms with E-state index >= 15 is 0 Å². The number of rotatable bonds is 6. The Balaban J connectivity index is 2.50. The molecule has 0 aliphatic carbocycles. The van der Waals surface area contributed by atoms with Gasteiger partial charge in [-0.15, -0.1) is 0 Å². The van der Waals surface area contributed by atoms with E-state index in [0.29, 0.717) is 12.1 Å². The Labute approximate surface area is 113 Å². The number of alkyl halides is 3. The van der Waals surface area contributed by atoms with Crippen molar-refractivity contribution in [1.29, 1.82) is 0 Å². The highest BCUT2D eigenvalue weighted by molar-refractivity contribution is 6.34. The highest BCUT2D eigenvalue weighted by Gasteiger charge is 2.25. The Hall–Kier alpha value is -1.43. The average molecular weight is 296 g/mol. The van der Waals surface area contributed by atoms with Crippen molar-refractivity contribution in [2.45, 2.75) is 25.4 Å². The maximum Gasteiger partial charge on any atom is 0.389 e. The summed E-state index contributed by atoms with van der Waals surface area (Å²) in [6, 6.07) is 4.55. The molecule has 0 bridgehead atoms. The van der Waals surface area contributed by atoms with Gasteiger partial charge in [-0.05, 0) is 25.0 Å². The quantitative estimate of drug-likeness (QED) is 0.774. The second kappa shape index (κ2) is 6.65. The van der Waals surface area contributed by atoms with Crippen LogP contribution in [-0.2, 0) is 0 Å². The smallest absolute Gasteiger partial charge is 0.389 e. The molecule has 0 fully saturated rings. The third-order valence-corrected chi connectivity index (χ3v) is 2.74. The molecule has 1 rings (SSSR count). The molecular weight excluding hydrogens is 283 g/mol. The van der Waals surface area contributed by atoms with E-state index in [1.165, 1.54) is 12.1 Å². The van der Waals surface area contributed by atoms with Gasteiger partial charge in [0.1, 0.15) is 5.56 Å². The van der Waals surface area contributed by atoms with Gasteiger partial charge in [-0.2, -0.15) is 13.2 Å². The van der Waals surface area contributed by atoms with Crippen LogP contribution in [0.3, 0.4) is 0 Å². The third-order valence-electron chi connectivity index (χ3n) is 2.43. The number of carboxylic acids is 1. The van der Waals surface area contributed by atoms with Gasteiger partial charge >= 0.3 is 12.1 Å². The van der Waals surface area contributed by atoms with Crippen LogP contribution in [0.4, 0.5) is 18.9 Å². The number of nitrogens with one attached hydrogen (secondary N) is 1. The molecule has 0 amide bonds. The van der Waals surface area contributed by atoms with Crippen molar-refractivity contribution in [2.75, 3.05) is 11.9 Å². The molecule has 0 spiro atoms. The predicted molar refractivity (Wildman–Crippen MR) is 66.8 cm³/mol. The van der Waals surface area contributed by atoms with Gasteiger partial charge in [0, 0.05) is 13.0 Å². The van der Waals surface area contributed by atoms with Crippen LogP contribution in [0.5, 0.6) is 0 Å². The van der Waals surface area contributed by atoms with Crippen LogP contribution in [0.1, 0.15) is 29.6 Å². The fourth-order valence-electron chi connectivity index (χ4n) is 1.56. The summed E-state index contributed by atoms with van der Waals surface area (Å²) in [5.74, 6) is -1.18. The van der Waals surface area contributed by atoms with Crippen LogP contribution in [0, 0.1) is 0 Å². The molecule has 0 aliphatic heterocycles. The highest BCUT2D eigenvalue weighted by Crippen LogP contribution is 2.25. The molecule has 0 radical (unpaired) electrons. The minimum absolute atomic E-state index is 0.000525. The summed E-state index contributed by atoms with van der Waals surface area (Å²) >= 11 is 5.75. The van der Waals surface area contributed by atoms with Crippen molar-refractivity contribution in [3.8, 4) is 0 Å². The average Bonchev–Trinajstić information content (AvgIpc) is 2.26. The molecule has 0 atom stereocenters. The number of halogens is 4. The van der Waals surface area contributed by atoms with Gasteiger partial charge < -0.3 is 10.4 Å². The number of carboxylic acid groups (broad SMARTS) is 1. The standard InChI is InChI=1S/C12H13ClF3NO2/c13-8-4-3-5-9(10(8)11(18)19)17-7-2-1-6-12(14,15)16/h3-5,17H,1-2,6-7H2,(H,18,19). The van der Waals surface area contributed by atoms with Gasteiger partial charge in [-0.1, -0.05) is 17.7 Å². The van der Waals surface area contributed by atoms with Gasteiger partial charge in [0.05, 0.1) is 10.7 Å². The van der Waals surface area contributed by atoms with Crippen molar-refractivity contribution in [3.05, 3.63) is 28.8 Å². The lowest BCUT2D eigenvalue weighted by Crippen LogP contribution is -2.10. The topological polar surface area (TPSA) is 49.3 Å². The molecule has 3 nitrogen and oxygen atoms in total. The molecule has 7 heteroatoms. The Bertz CT molecular complexity index is 449. The Kier molecular flexibility index (Phi) is 5.47. The number of hydrogen-bond acceptors (Lipinski definition) is 2. The zero-order valence-corrected chi connectivity index (χ0v) is 10.7. The van der Waals surface area contributed by atoms with Crippen LogP contribution in [0.2, 0.25) is 5.02 Å². The van der Waals surface area contributed by atoms with E-state index in [2.05, 4.69) is 5.32 Å². The first-order valence-corrected chi connectivity index (χ1v) is 6.01. The molecule has 0 saturated carbocycles. The lowest BCUT2D eigenvalue weighted by Gasteiger charge is -2.11. The molecule has 2 N–H and O–H groups in total. The molecule has 19 heavy (non-hydrogen) atoms. The van der Waals surface area contributed by atoms with Gasteiger partial charge in [0.15, 0.2) is 0 Å². The summed E-state index contributed by atoms with van der Waals surface area (Å²) in [5.41, 5.74) is 0.243. The molecule has 0 heterocycles. The molecule has 0 unspecified atom stereocenters. The molecule has 1 aromatic carbocycles. The van der Waals surface area contributed by atoms with E-state index in [0.717, 1.165) is 0 Å². The van der Waals surface area contributed by atoms with Crippen LogP contribution >= 0.6 is 11.6 Å². The molecule has 1 aromatic rings. The highest BCUT2D eigenvalue weighted by atomic mass is 35.5. The summed E-state index contributed by atoms with van der Waals surface area (Å²) in [7, 11) is 0. The Morgan fingerprint density at radius 1 is 1.32 bits per heavy atom. The molecule has 0 aromatic heterocycles. The minimum Gasteiger partial charge on any atom is -0.478 e. The number of hydrogen-bond donors (Lipinski definition) is 2. The predicted octanol–water partition coefficient (Wildman–Crippen LogP) is 4.18. The van der Waals surface area contributed by atoms with Crippen molar-refractivity contribution < 1.29 is 23.1 Å². The van der Waals surface area contributed by atoms with E-state index in [1.807, 2.05) is 0 Å². The van der Waals surface area contributed by atoms with E-state index in [-0.39, 0.29) is 23.6 Å². The van der Waals surface area contributed by atoms with E-state index < -0.39 is 18.6 Å². The van der Waals surface area contributed by atoms with Crippen LogP contribution in [0.25, 0.3) is 0 Å². The number of unbranched alkanes of at least 4 members (excludes halogenated alkanes) is 1. The number of benzene rings is 1. The number of anilines is 1. The van der Waals surface area contributed by atoms with Crippen molar-refractivity contribution in [1.82, 2.24) is 0 Å². The van der Waals surface area contributed by atoms with Crippen LogP contribution in [-0.4, -0.2) is 23.8 Å². The van der Waals surface area contributed by atoms with Crippen molar-refractivity contribution in [3.63, 3.8) is 0 Å². The molecule has 106 valence electrons. The van der Waals surface area contributed by atoms with Crippen molar-refractivity contribution >= 4 is 23.3 Å². The SMILES string of the molecule is O=C(O)c1c(Cl)cccc1NCCCCC(F)(F)F. The Morgan fingerprint density at radius 3 is 2.58 bits per heavy atom. The summed E-state index contributed by atoms with van der Waals surface area (Å²) in [6.45, 7) is 0.261. The fraction of sp³-hybridized carbons (Fsp3) is 0.417. The first-order valence-electron chi connectivity index (χ1n) is 5.63. The summed E-state index contributed by atoms with van der Waals surface area (Å²) in [5, 5.41) is 11.9. The zero-order valence-electron chi connectivity index (χ0n) is 9.93. The van der Waals surface area contributed by atoms with Crippen LogP contribution in [0.15, 0.2) is 18.2 Å². The maximum atomic E-state index is 11.9. The largest absolute Gasteiger partial charge is 0.478 e. The first kappa shape index (κ1) is 15.6. The third kappa shape index (κ3) is 5.38. The monoisotopic (exact) mass is 295 g/mol.